The second-order valence-corrected chi connectivity index (χ2v) is 11.3. The van der Waals surface area contributed by atoms with Crippen molar-refractivity contribution in [3.63, 3.8) is 0 Å². The molecule has 0 atom stereocenters. The number of carbonyl (C=O) groups is 2. The molecule has 41 heavy (non-hydrogen) atoms. The van der Waals surface area contributed by atoms with Crippen LogP contribution in [0.4, 0.5) is 46.5 Å². The maximum absolute atomic E-state index is 15.7. The highest BCUT2D eigenvalue weighted by atomic mass is 127. The number of alkyl halides is 7. The normalized spacial score (nSPS) is 14.1. The van der Waals surface area contributed by atoms with Gasteiger partial charge in [0.2, 0.25) is 0 Å². The first-order valence-electron chi connectivity index (χ1n) is 11.8. The first-order valence-corrected chi connectivity index (χ1v) is 13.7. The predicted octanol–water partition coefficient (Wildman–Crippen LogP) is 8.79. The fraction of sp³-hybridized carbons (Fsp3) is 0.259. The van der Waals surface area contributed by atoms with Crippen LogP contribution in [0.1, 0.15) is 39.1 Å². The van der Waals surface area contributed by atoms with Crippen molar-refractivity contribution in [1.29, 1.82) is 0 Å². The number of hydrogen-bond donors (Lipinski definition) is 1. The third-order valence-electron chi connectivity index (χ3n) is 6.38. The number of nitrogens with zero attached hydrogens (tertiary/aromatic N) is 1. The minimum absolute atomic E-state index is 0.145. The highest BCUT2D eigenvalue weighted by Gasteiger charge is 2.73. The minimum Gasteiger partial charge on any atom is -0.320 e. The minimum atomic E-state index is -6.33. The third-order valence-corrected chi connectivity index (χ3v) is 7.85. The van der Waals surface area contributed by atoms with E-state index in [9.17, 15) is 40.3 Å². The van der Waals surface area contributed by atoms with Gasteiger partial charge >= 0.3 is 18.0 Å². The van der Waals surface area contributed by atoms with Crippen molar-refractivity contribution >= 4 is 61.7 Å². The SMILES string of the molecule is O=C(Nc1c(Br)cc(C(F)(C(F)(F)F)C(F)(F)F)cc1I)c1cccc(N(CC2CC2)C(=O)c2ccccc2)c1F. The van der Waals surface area contributed by atoms with Gasteiger partial charge in [0.05, 0.1) is 16.9 Å². The second-order valence-electron chi connectivity index (χ2n) is 9.29. The maximum atomic E-state index is 15.7. The molecule has 0 unspecified atom stereocenters. The molecule has 1 fully saturated rings. The molecule has 0 radical (unpaired) electrons. The van der Waals surface area contributed by atoms with Gasteiger partial charge in [-0.2, -0.15) is 26.3 Å². The number of carbonyl (C=O) groups excluding carboxylic acids is 2. The summed E-state index contributed by atoms with van der Waals surface area (Å²) in [6.45, 7) is 0.198. The Morgan fingerprint density at radius 1 is 0.927 bits per heavy atom. The van der Waals surface area contributed by atoms with E-state index in [1.807, 2.05) is 0 Å². The molecule has 0 aliphatic heterocycles. The van der Waals surface area contributed by atoms with Crippen LogP contribution in [-0.4, -0.2) is 30.7 Å². The zero-order valence-corrected chi connectivity index (χ0v) is 24.3. The van der Waals surface area contributed by atoms with Gasteiger partial charge in [-0.05, 0) is 93.7 Å². The Kier molecular flexibility index (Phi) is 8.75. The lowest BCUT2D eigenvalue weighted by Crippen LogP contribution is -2.50. The summed E-state index contributed by atoms with van der Waals surface area (Å²) in [6.07, 6.45) is -11.0. The molecule has 0 heterocycles. The van der Waals surface area contributed by atoms with Crippen molar-refractivity contribution in [2.45, 2.75) is 30.9 Å². The molecule has 3 aromatic carbocycles. The van der Waals surface area contributed by atoms with Gasteiger partial charge in [-0.1, -0.05) is 24.3 Å². The van der Waals surface area contributed by atoms with Crippen LogP contribution < -0.4 is 10.2 Å². The lowest BCUT2D eigenvalue weighted by Gasteiger charge is -2.31. The van der Waals surface area contributed by atoms with Gasteiger partial charge in [0.15, 0.2) is 5.82 Å². The number of rotatable bonds is 7. The van der Waals surface area contributed by atoms with Gasteiger partial charge in [-0.25, -0.2) is 8.78 Å². The summed E-state index contributed by atoms with van der Waals surface area (Å²) in [5.41, 5.74) is -8.17. The summed E-state index contributed by atoms with van der Waals surface area (Å²) in [5, 5.41) is 2.25. The molecule has 0 bridgehead atoms. The van der Waals surface area contributed by atoms with Gasteiger partial charge in [-0.15, -0.1) is 0 Å². The largest absolute Gasteiger partial charge is 0.435 e. The average Bonchev–Trinajstić information content (AvgIpc) is 3.72. The molecule has 1 aliphatic rings. The quantitative estimate of drug-likeness (QED) is 0.194. The Morgan fingerprint density at radius 3 is 2.07 bits per heavy atom. The Morgan fingerprint density at radius 2 is 1.54 bits per heavy atom. The molecule has 2 amide bonds. The van der Waals surface area contributed by atoms with E-state index in [1.165, 1.54) is 39.6 Å². The summed E-state index contributed by atoms with van der Waals surface area (Å²) in [6, 6.07) is 12.4. The van der Waals surface area contributed by atoms with Gasteiger partial charge < -0.3 is 10.2 Å². The molecule has 1 saturated carbocycles. The van der Waals surface area contributed by atoms with Gasteiger partial charge in [0.1, 0.15) is 0 Å². The van der Waals surface area contributed by atoms with Crippen molar-refractivity contribution in [3.05, 3.63) is 91.2 Å². The predicted molar refractivity (Wildman–Crippen MR) is 147 cm³/mol. The van der Waals surface area contributed by atoms with Crippen LogP contribution in [0.15, 0.2) is 65.1 Å². The third kappa shape index (κ3) is 6.22. The van der Waals surface area contributed by atoms with E-state index in [1.54, 1.807) is 30.3 Å². The number of benzene rings is 3. The molecule has 0 saturated heterocycles. The lowest BCUT2D eigenvalue weighted by molar-refractivity contribution is -0.348. The molecule has 0 aromatic heterocycles. The molecular weight excluding hydrogens is 743 g/mol. The molecular formula is C27H18BrF8IN2O2. The van der Waals surface area contributed by atoms with E-state index in [-0.39, 0.29) is 33.5 Å². The first kappa shape index (κ1) is 31.2. The van der Waals surface area contributed by atoms with Gasteiger partial charge in [-0.3, -0.25) is 9.59 Å². The molecule has 0 spiro atoms. The van der Waals surface area contributed by atoms with Crippen LogP contribution in [0.5, 0.6) is 0 Å². The van der Waals surface area contributed by atoms with Crippen molar-refractivity contribution in [3.8, 4) is 0 Å². The van der Waals surface area contributed by atoms with E-state index in [0.717, 1.165) is 18.9 Å². The molecule has 1 aliphatic carbocycles. The Balaban J connectivity index is 1.68. The van der Waals surface area contributed by atoms with Crippen LogP contribution in [-0.2, 0) is 5.67 Å². The van der Waals surface area contributed by atoms with Crippen molar-refractivity contribution < 1.29 is 44.7 Å². The first-order chi connectivity index (χ1) is 19.1. The topological polar surface area (TPSA) is 49.4 Å². The molecule has 3 aromatic rings. The Bertz CT molecular complexity index is 1440. The molecule has 4 nitrogen and oxygen atoms in total. The van der Waals surface area contributed by atoms with E-state index >= 15 is 4.39 Å². The number of hydrogen-bond acceptors (Lipinski definition) is 2. The zero-order chi connectivity index (χ0) is 30.3. The summed E-state index contributed by atoms with van der Waals surface area (Å²) in [5.74, 6) is -2.51. The fourth-order valence-corrected chi connectivity index (χ4v) is 5.74. The van der Waals surface area contributed by atoms with Crippen LogP contribution in [0, 0.1) is 15.3 Å². The van der Waals surface area contributed by atoms with Crippen LogP contribution in [0.3, 0.4) is 0 Å². The van der Waals surface area contributed by atoms with Crippen molar-refractivity contribution in [1.82, 2.24) is 0 Å². The van der Waals surface area contributed by atoms with Crippen LogP contribution in [0.2, 0.25) is 0 Å². The van der Waals surface area contributed by atoms with Crippen molar-refractivity contribution in [2.75, 3.05) is 16.8 Å². The van der Waals surface area contributed by atoms with Gasteiger partial charge in [0.25, 0.3) is 11.8 Å². The second kappa shape index (κ2) is 11.5. The smallest absolute Gasteiger partial charge is 0.320 e. The standard InChI is InChI=1S/C27H18BrF8IN2O2/c28-18-11-16(25(30,26(31,32)33)27(34,35)36)12-19(37)22(18)38-23(40)17-7-4-8-20(21(17)29)39(13-14-9-10-14)24(41)15-5-2-1-3-6-15/h1-8,11-12,14H,9-10,13H2,(H,38,40). The Labute approximate surface area is 250 Å². The summed E-state index contributed by atoms with van der Waals surface area (Å²) < 4.78 is 109. The average molecular weight is 761 g/mol. The Hall–Kier alpha value is -2.75. The highest BCUT2D eigenvalue weighted by Crippen LogP contribution is 2.54. The maximum Gasteiger partial charge on any atom is 0.435 e. The van der Waals surface area contributed by atoms with E-state index in [4.69, 9.17) is 0 Å². The molecule has 4 rings (SSSR count). The summed E-state index contributed by atoms with van der Waals surface area (Å²) in [7, 11) is 0. The van der Waals surface area contributed by atoms with E-state index < -0.39 is 51.3 Å². The monoisotopic (exact) mass is 760 g/mol. The summed E-state index contributed by atoms with van der Waals surface area (Å²) >= 11 is 4.12. The molecule has 218 valence electrons. The van der Waals surface area contributed by atoms with E-state index in [0.29, 0.717) is 11.6 Å². The van der Waals surface area contributed by atoms with Crippen LogP contribution in [0.25, 0.3) is 0 Å². The molecule has 1 N–H and O–H groups in total. The van der Waals surface area contributed by atoms with E-state index in [2.05, 4.69) is 21.2 Å². The van der Waals surface area contributed by atoms with Gasteiger partial charge in [0, 0.05) is 25.7 Å². The van der Waals surface area contributed by atoms with Crippen LogP contribution >= 0.6 is 38.5 Å². The number of halogens is 10. The highest BCUT2D eigenvalue weighted by molar-refractivity contribution is 14.1. The molecule has 14 heteroatoms. The zero-order valence-electron chi connectivity index (χ0n) is 20.5. The van der Waals surface area contributed by atoms with Crippen molar-refractivity contribution in [2.24, 2.45) is 5.92 Å². The number of amides is 2. The summed E-state index contributed by atoms with van der Waals surface area (Å²) in [4.78, 5) is 27.5. The lowest BCUT2D eigenvalue weighted by atomic mass is 9.94. The fourth-order valence-electron chi connectivity index (χ4n) is 4.05. The number of nitrogens with one attached hydrogen (secondary N) is 1. The number of anilines is 2.